The molecule has 1 radical (unpaired) electrons. The van der Waals surface area contributed by atoms with Gasteiger partial charge < -0.3 is 0 Å². The van der Waals surface area contributed by atoms with Crippen molar-refractivity contribution in [2.75, 3.05) is 0 Å². The Balaban J connectivity index is 0.000000698. The Morgan fingerprint density at radius 1 is 0.667 bits per heavy atom. The molecule has 0 saturated heterocycles. The minimum absolute atomic E-state index is 0.205. The van der Waals surface area contributed by atoms with Crippen molar-refractivity contribution in [3.05, 3.63) is 59.5 Å². The van der Waals surface area contributed by atoms with Gasteiger partial charge in [0.25, 0.3) is 0 Å². The zero-order chi connectivity index (χ0) is 21.5. The standard InChI is InChI=1S/C18H31P.C5H5.2HI.Rh/c1-16(2,3)12-10-13(17(4,5)6)15(19)14(11-12)18(7,8)9;1-2-4-5-3-1;;;/h10-11H,19H2,1-9H3;1-5H;2*1H;/q;;;;+2/p-1. The van der Waals surface area contributed by atoms with E-state index in [4.69, 9.17) is 0 Å². The zero-order valence-electron chi connectivity index (χ0n) is 18.3. The van der Waals surface area contributed by atoms with Gasteiger partial charge in [0.05, 0.1) is 5.30 Å². The van der Waals surface area contributed by atoms with Gasteiger partial charge in [-0.3, -0.25) is 0 Å². The molecule has 0 saturated carbocycles. The predicted molar refractivity (Wildman–Crippen MR) is 144 cm³/mol. The summed E-state index contributed by atoms with van der Waals surface area (Å²) in [6.45, 7) is 20.8. The third-order valence-corrected chi connectivity index (χ3v) is 5.05. The van der Waals surface area contributed by atoms with Crippen LogP contribution in [0.5, 0.6) is 0 Å². The molecule has 0 N–H and O–H groups in total. The Labute approximate surface area is 200 Å². The Hall–Kier alpha value is 1.21. The van der Waals surface area contributed by atoms with E-state index in [2.05, 4.69) is 123 Å². The number of halogens is 2. The molecule has 156 valence electrons. The molecular formula is C23H37I2PRh+. The second-order valence-corrected chi connectivity index (χ2v) is 23.1. The van der Waals surface area contributed by atoms with Crippen molar-refractivity contribution in [1.29, 1.82) is 0 Å². The predicted octanol–water partition coefficient (Wildman–Crippen LogP) is 7.90. The van der Waals surface area contributed by atoms with E-state index in [1.54, 1.807) is 0 Å². The average molecular weight is 701 g/mol. The van der Waals surface area contributed by atoms with Crippen molar-refractivity contribution >= 4 is 54.0 Å². The molecular weight excluding hydrogens is 664 g/mol. The molecule has 1 aliphatic rings. The van der Waals surface area contributed by atoms with Gasteiger partial charge in [0.1, 0.15) is 0 Å². The fourth-order valence-corrected chi connectivity index (χ4v) is 4.03. The molecule has 1 unspecified atom stereocenters. The number of hydrogen-bond acceptors (Lipinski definition) is 0. The van der Waals surface area contributed by atoms with Crippen molar-refractivity contribution in [2.45, 2.75) is 78.6 Å². The number of benzene rings is 1. The Kier molecular flexibility index (Phi) is 12.7. The Morgan fingerprint density at radius 3 is 1.19 bits per heavy atom. The zero-order valence-corrected chi connectivity index (χ0v) is 25.7. The molecule has 0 aromatic heterocycles. The second kappa shape index (κ2) is 12.2. The van der Waals surface area contributed by atoms with Gasteiger partial charge in [0, 0.05) is 15.7 Å². The molecule has 0 bridgehead atoms. The summed E-state index contributed by atoms with van der Waals surface area (Å²) in [7, 11) is 2.82. The van der Waals surface area contributed by atoms with Gasteiger partial charge >= 0.3 is 49.6 Å². The van der Waals surface area contributed by atoms with Crippen LogP contribution in [0.3, 0.4) is 0 Å². The quantitative estimate of drug-likeness (QED) is 0.147. The third-order valence-electron chi connectivity index (χ3n) is 4.29. The summed E-state index contributed by atoms with van der Waals surface area (Å²) in [4.78, 5) is 0. The van der Waals surface area contributed by atoms with Crippen molar-refractivity contribution in [3.8, 4) is 0 Å². The summed E-state index contributed by atoms with van der Waals surface area (Å²) in [6, 6.07) is 4.86. The molecule has 0 aliphatic heterocycles. The van der Waals surface area contributed by atoms with Crippen LogP contribution >= 0.6 is 48.7 Å². The second-order valence-electron chi connectivity index (χ2n) is 9.81. The van der Waals surface area contributed by atoms with Gasteiger partial charge in [-0.1, -0.05) is 98.8 Å². The molecule has 0 amide bonds. The number of rotatable bonds is 0. The molecule has 0 fully saturated rings. The molecule has 0 heterocycles. The van der Waals surface area contributed by atoms with Crippen molar-refractivity contribution in [1.82, 2.24) is 0 Å². The summed E-state index contributed by atoms with van der Waals surface area (Å²) >= 11 is 4.69. The first-order valence-corrected chi connectivity index (χ1v) is 19.6. The third kappa shape index (κ3) is 10.7. The monoisotopic (exact) mass is 701 g/mol. The van der Waals surface area contributed by atoms with E-state index in [1.165, 1.54) is 22.0 Å². The fourth-order valence-electron chi connectivity index (χ4n) is 2.76. The maximum absolute atomic E-state index is 2.43. The van der Waals surface area contributed by atoms with E-state index < -0.39 is 0 Å². The molecule has 1 aliphatic carbocycles. The van der Waals surface area contributed by atoms with Crippen LogP contribution in [0.4, 0.5) is 0 Å². The Bertz CT molecular complexity index is 597. The maximum atomic E-state index is 2.43. The topological polar surface area (TPSA) is 0 Å². The van der Waals surface area contributed by atoms with Crippen LogP contribution in [0.2, 0.25) is 0 Å². The minimum atomic E-state index is 0.205. The average Bonchev–Trinajstić information content (AvgIpc) is 3.03. The number of allylic oxidation sites excluding steroid dienone is 4. The Morgan fingerprint density at radius 2 is 1.00 bits per heavy atom. The molecule has 27 heavy (non-hydrogen) atoms. The summed E-state index contributed by atoms with van der Waals surface area (Å²) < 4.78 is 0. The first kappa shape index (κ1) is 28.2. The number of hydrogen-bond donors (Lipinski definition) is 0. The summed E-state index contributed by atoms with van der Waals surface area (Å²) in [6.07, 6.45) is 10.0. The fraction of sp³-hybridized carbons (Fsp3) is 0.522. The molecule has 0 nitrogen and oxygen atoms in total. The van der Waals surface area contributed by atoms with Crippen molar-refractivity contribution < 1.29 is 10.1 Å². The normalized spacial score (nSPS) is 13.9. The van der Waals surface area contributed by atoms with Gasteiger partial charge in [-0.2, -0.15) is 0 Å². The first-order valence-electron chi connectivity index (χ1n) is 9.18. The van der Waals surface area contributed by atoms with E-state index in [0.29, 0.717) is 0 Å². The molecule has 1 aromatic carbocycles. The molecule has 1 aromatic rings. The van der Waals surface area contributed by atoms with E-state index >= 15 is 0 Å². The molecule has 2 rings (SSSR count). The van der Waals surface area contributed by atoms with Crippen LogP contribution in [0.15, 0.2) is 36.4 Å². The van der Waals surface area contributed by atoms with E-state index in [9.17, 15) is 0 Å². The van der Waals surface area contributed by atoms with Gasteiger partial charge in [0.2, 0.25) is 0 Å². The van der Waals surface area contributed by atoms with Crippen LogP contribution in [-0.2, 0) is 26.3 Å². The van der Waals surface area contributed by atoms with Gasteiger partial charge in [-0.25, -0.2) is 0 Å². The van der Waals surface area contributed by atoms with Gasteiger partial charge in [-0.15, -0.1) is 0 Å². The van der Waals surface area contributed by atoms with E-state index in [-0.39, 0.29) is 16.2 Å². The van der Waals surface area contributed by atoms with Crippen LogP contribution in [0.25, 0.3) is 0 Å². The van der Waals surface area contributed by atoms with Crippen LogP contribution in [-0.4, -0.2) is 0 Å². The van der Waals surface area contributed by atoms with Crippen LogP contribution < -0.4 is 5.30 Å². The van der Waals surface area contributed by atoms with Gasteiger partial charge in [-0.05, 0) is 32.9 Å². The SMILES string of the molecule is CC(C)(C)c1cc(C(C)(C)C)c([PH3+])c(C(C)(C)C)c1.[CH]1C=CC=C1.[I][Rh][I]. The molecule has 0 spiro atoms. The molecule has 4 heteroatoms. The first-order chi connectivity index (χ1) is 12.2. The van der Waals surface area contributed by atoms with E-state index in [0.717, 1.165) is 10.1 Å². The van der Waals surface area contributed by atoms with Crippen molar-refractivity contribution in [2.24, 2.45) is 0 Å². The van der Waals surface area contributed by atoms with Crippen molar-refractivity contribution in [3.63, 3.8) is 0 Å². The summed E-state index contributed by atoms with van der Waals surface area (Å²) in [5.41, 5.74) is 5.08. The summed E-state index contributed by atoms with van der Waals surface area (Å²) in [5.74, 6) is 0. The van der Waals surface area contributed by atoms with Crippen LogP contribution in [0.1, 0.15) is 79.0 Å². The van der Waals surface area contributed by atoms with Crippen LogP contribution in [0, 0.1) is 6.42 Å². The van der Waals surface area contributed by atoms with E-state index in [1.807, 2.05) is 30.7 Å². The van der Waals surface area contributed by atoms with Gasteiger partial charge in [0.15, 0.2) is 0 Å². The molecule has 1 atom stereocenters. The summed E-state index contributed by atoms with van der Waals surface area (Å²) in [5, 5.41) is 1.49.